The quantitative estimate of drug-likeness (QED) is 0.723. The van der Waals surface area contributed by atoms with Crippen LogP contribution in [0.1, 0.15) is 35.3 Å². The number of thiophene rings is 1. The highest BCUT2D eigenvalue weighted by atomic mass is 32.1. The van der Waals surface area contributed by atoms with Crippen LogP contribution in [0.3, 0.4) is 0 Å². The fourth-order valence-electron chi connectivity index (χ4n) is 3.58. The van der Waals surface area contributed by atoms with Gasteiger partial charge in [-0.2, -0.15) is 13.2 Å². The molecule has 1 saturated carbocycles. The Kier molecular flexibility index (Phi) is 3.46. The molecule has 0 saturated heterocycles. The van der Waals surface area contributed by atoms with Gasteiger partial charge in [-0.05, 0) is 48.8 Å². The van der Waals surface area contributed by atoms with Crippen molar-refractivity contribution in [3.05, 3.63) is 34.2 Å². The Morgan fingerprint density at radius 2 is 1.86 bits per heavy atom. The van der Waals surface area contributed by atoms with E-state index in [4.69, 9.17) is 0 Å². The first-order chi connectivity index (χ1) is 10.5. The average Bonchev–Trinajstić information content (AvgIpc) is 2.63. The van der Waals surface area contributed by atoms with Gasteiger partial charge < -0.3 is 0 Å². The molecule has 1 nitrogen and oxygen atoms in total. The Morgan fingerprint density at radius 1 is 1.09 bits per heavy atom. The molecule has 1 aliphatic heterocycles. The van der Waals surface area contributed by atoms with E-state index in [1.54, 1.807) is 17.4 Å². The van der Waals surface area contributed by atoms with E-state index < -0.39 is 11.7 Å². The predicted molar refractivity (Wildman–Crippen MR) is 83.4 cm³/mol. The number of nitrogens with zero attached hydrogens (tertiary/aromatic N) is 1. The Hall–Kier alpha value is -1.07. The van der Waals surface area contributed by atoms with Crippen LogP contribution in [0.5, 0.6) is 0 Å². The van der Waals surface area contributed by atoms with Crippen molar-refractivity contribution in [2.24, 2.45) is 0 Å². The van der Waals surface area contributed by atoms with Gasteiger partial charge >= 0.3 is 6.18 Å². The Morgan fingerprint density at radius 3 is 2.55 bits per heavy atom. The zero-order valence-electron chi connectivity index (χ0n) is 12.2. The second kappa shape index (κ2) is 5.24. The van der Waals surface area contributed by atoms with Crippen LogP contribution < -0.4 is 0 Å². The fraction of sp³-hybridized carbons (Fsp3) is 0.529. The summed E-state index contributed by atoms with van der Waals surface area (Å²) in [7, 11) is 0. The minimum atomic E-state index is -4.25. The SMILES string of the molecule is FC(F)(F)c1ccc2c3c(sc2c1)CCN(C1CCC1)CC3. The number of fused-ring (bicyclic) bond motifs is 3. The molecule has 2 aliphatic rings. The van der Waals surface area contributed by atoms with Crippen molar-refractivity contribution in [1.29, 1.82) is 0 Å². The molecule has 2 aromatic rings. The first-order valence-corrected chi connectivity index (χ1v) is 8.69. The molecule has 0 spiro atoms. The standard InChI is InChI=1S/C17H18F3NS/c18-17(19,20)11-4-5-13-14-6-8-21(12-2-1-3-12)9-7-15(14)22-16(13)10-11/h4-5,10,12H,1-3,6-9H2. The van der Waals surface area contributed by atoms with Gasteiger partial charge in [-0.1, -0.05) is 12.5 Å². The summed E-state index contributed by atoms with van der Waals surface area (Å²) in [6.07, 6.45) is 1.65. The van der Waals surface area contributed by atoms with Crippen LogP contribution in [-0.4, -0.2) is 24.0 Å². The molecule has 0 atom stereocenters. The van der Waals surface area contributed by atoms with Gasteiger partial charge in [-0.25, -0.2) is 0 Å². The number of halogens is 3. The third-order valence-electron chi connectivity index (χ3n) is 5.07. The van der Waals surface area contributed by atoms with Crippen molar-refractivity contribution in [2.45, 2.75) is 44.3 Å². The van der Waals surface area contributed by atoms with Crippen LogP contribution in [0.25, 0.3) is 10.1 Å². The average molecular weight is 325 g/mol. The third-order valence-corrected chi connectivity index (χ3v) is 6.32. The van der Waals surface area contributed by atoms with Crippen molar-refractivity contribution < 1.29 is 13.2 Å². The lowest BCUT2D eigenvalue weighted by Gasteiger charge is -2.36. The number of rotatable bonds is 1. The van der Waals surface area contributed by atoms with E-state index in [-0.39, 0.29) is 0 Å². The molecule has 4 rings (SSSR count). The summed E-state index contributed by atoms with van der Waals surface area (Å²) in [5.74, 6) is 0. The molecule has 0 unspecified atom stereocenters. The molecule has 1 aliphatic carbocycles. The van der Waals surface area contributed by atoms with Gasteiger partial charge in [0.2, 0.25) is 0 Å². The van der Waals surface area contributed by atoms with E-state index in [9.17, 15) is 13.2 Å². The van der Waals surface area contributed by atoms with Gasteiger partial charge in [0.1, 0.15) is 0 Å². The highest BCUT2D eigenvalue weighted by molar-refractivity contribution is 7.19. The Bertz CT molecular complexity index is 700. The van der Waals surface area contributed by atoms with Crippen molar-refractivity contribution in [2.75, 3.05) is 13.1 Å². The molecule has 2 heterocycles. The first kappa shape index (κ1) is 14.5. The van der Waals surface area contributed by atoms with Gasteiger partial charge in [-0.15, -0.1) is 11.3 Å². The van der Waals surface area contributed by atoms with Gasteiger partial charge in [0.05, 0.1) is 5.56 Å². The summed E-state index contributed by atoms with van der Waals surface area (Å²) < 4.78 is 39.3. The first-order valence-electron chi connectivity index (χ1n) is 7.88. The van der Waals surface area contributed by atoms with Crippen LogP contribution in [0.15, 0.2) is 18.2 Å². The molecule has 1 fully saturated rings. The largest absolute Gasteiger partial charge is 0.416 e. The lowest BCUT2D eigenvalue weighted by molar-refractivity contribution is -0.137. The van der Waals surface area contributed by atoms with Gasteiger partial charge in [0, 0.05) is 28.7 Å². The smallest absolute Gasteiger partial charge is 0.300 e. The topological polar surface area (TPSA) is 3.24 Å². The van der Waals surface area contributed by atoms with Crippen LogP contribution in [0, 0.1) is 0 Å². The van der Waals surface area contributed by atoms with Gasteiger partial charge in [0.15, 0.2) is 0 Å². The molecule has 0 radical (unpaired) electrons. The van der Waals surface area contributed by atoms with Gasteiger partial charge in [-0.3, -0.25) is 4.90 Å². The lowest BCUT2D eigenvalue weighted by atomic mass is 9.91. The lowest BCUT2D eigenvalue weighted by Crippen LogP contribution is -2.41. The summed E-state index contributed by atoms with van der Waals surface area (Å²) in [5.41, 5.74) is 0.753. The predicted octanol–water partition coefficient (Wildman–Crippen LogP) is 4.87. The van der Waals surface area contributed by atoms with Crippen molar-refractivity contribution in [3.8, 4) is 0 Å². The van der Waals surface area contributed by atoms with Crippen LogP contribution >= 0.6 is 11.3 Å². The minimum Gasteiger partial charge on any atom is -0.300 e. The molecular weight excluding hydrogens is 307 g/mol. The van der Waals surface area contributed by atoms with E-state index in [1.807, 2.05) is 0 Å². The number of hydrogen-bond donors (Lipinski definition) is 0. The van der Waals surface area contributed by atoms with E-state index in [0.29, 0.717) is 0 Å². The molecule has 118 valence electrons. The van der Waals surface area contributed by atoms with E-state index in [2.05, 4.69) is 4.90 Å². The highest BCUT2D eigenvalue weighted by Crippen LogP contribution is 2.39. The van der Waals surface area contributed by atoms with E-state index in [0.717, 1.165) is 42.1 Å². The zero-order valence-corrected chi connectivity index (χ0v) is 13.1. The summed E-state index contributed by atoms with van der Waals surface area (Å²) >= 11 is 1.56. The number of benzene rings is 1. The number of hydrogen-bond acceptors (Lipinski definition) is 2. The van der Waals surface area contributed by atoms with Crippen LogP contribution in [-0.2, 0) is 19.0 Å². The molecule has 0 bridgehead atoms. The second-order valence-corrected chi connectivity index (χ2v) is 7.47. The van der Waals surface area contributed by atoms with Crippen LogP contribution in [0.2, 0.25) is 0 Å². The highest BCUT2D eigenvalue weighted by Gasteiger charge is 2.32. The van der Waals surface area contributed by atoms with E-state index >= 15 is 0 Å². The van der Waals surface area contributed by atoms with Crippen LogP contribution in [0.4, 0.5) is 13.2 Å². The second-order valence-electron chi connectivity index (χ2n) is 6.33. The molecule has 0 N–H and O–H groups in total. The minimum absolute atomic E-state index is 0.535. The monoisotopic (exact) mass is 325 g/mol. The van der Waals surface area contributed by atoms with Crippen molar-refractivity contribution >= 4 is 21.4 Å². The molecular formula is C17H18F3NS. The normalized spacial score (nSPS) is 20.7. The van der Waals surface area contributed by atoms with Crippen molar-refractivity contribution in [3.63, 3.8) is 0 Å². The molecule has 0 amide bonds. The van der Waals surface area contributed by atoms with Gasteiger partial charge in [0.25, 0.3) is 0 Å². The summed E-state index contributed by atoms with van der Waals surface area (Å²) in [5, 5.41) is 1.03. The number of alkyl halides is 3. The molecule has 5 heteroatoms. The molecule has 22 heavy (non-hydrogen) atoms. The fourth-order valence-corrected chi connectivity index (χ4v) is 4.86. The Labute approximate surface area is 131 Å². The van der Waals surface area contributed by atoms with E-state index in [1.165, 1.54) is 41.8 Å². The summed E-state index contributed by atoms with van der Waals surface area (Å²) in [6.45, 7) is 2.10. The maximum Gasteiger partial charge on any atom is 0.416 e. The maximum absolute atomic E-state index is 12.8. The zero-order chi connectivity index (χ0) is 15.3. The molecule has 1 aromatic carbocycles. The summed E-state index contributed by atoms with van der Waals surface area (Å²) in [6, 6.07) is 4.96. The molecule has 1 aromatic heterocycles. The third kappa shape index (κ3) is 2.44. The Balaban J connectivity index is 1.65. The summed E-state index contributed by atoms with van der Waals surface area (Å²) in [4.78, 5) is 3.86. The maximum atomic E-state index is 12.8. The van der Waals surface area contributed by atoms with Crippen molar-refractivity contribution in [1.82, 2.24) is 4.90 Å².